The highest BCUT2D eigenvalue weighted by Gasteiger charge is 2.04. The van der Waals surface area contributed by atoms with E-state index in [1.807, 2.05) is 19.1 Å². The molecule has 14 heavy (non-hydrogen) atoms. The van der Waals surface area contributed by atoms with Crippen LogP contribution in [0.1, 0.15) is 25.8 Å². The second kappa shape index (κ2) is 5.73. The van der Waals surface area contributed by atoms with Gasteiger partial charge in [0.15, 0.2) is 0 Å². The maximum absolute atomic E-state index is 9.17. The SMILES string of the molecule is CC(O)CC(C)NCc1ccncc1. The van der Waals surface area contributed by atoms with E-state index < -0.39 is 0 Å². The quantitative estimate of drug-likeness (QED) is 0.743. The molecule has 2 N–H and O–H groups in total. The topological polar surface area (TPSA) is 45.1 Å². The fourth-order valence-electron chi connectivity index (χ4n) is 1.39. The summed E-state index contributed by atoms with van der Waals surface area (Å²) in [4.78, 5) is 3.95. The van der Waals surface area contributed by atoms with Gasteiger partial charge in [0.05, 0.1) is 6.10 Å². The van der Waals surface area contributed by atoms with Crippen LogP contribution < -0.4 is 5.32 Å². The lowest BCUT2D eigenvalue weighted by Gasteiger charge is -2.15. The summed E-state index contributed by atoms with van der Waals surface area (Å²) in [6, 6.07) is 4.31. The van der Waals surface area contributed by atoms with E-state index in [-0.39, 0.29) is 6.10 Å². The minimum atomic E-state index is -0.241. The molecule has 0 aliphatic carbocycles. The molecule has 0 bridgehead atoms. The Kier molecular flexibility index (Phi) is 4.56. The van der Waals surface area contributed by atoms with E-state index in [9.17, 15) is 0 Å². The molecule has 2 unspecified atom stereocenters. The number of rotatable bonds is 5. The molecule has 1 aromatic rings. The Bertz CT molecular complexity index is 249. The molecule has 1 rings (SSSR count). The van der Waals surface area contributed by atoms with Crippen LogP contribution in [0.4, 0.5) is 0 Å². The maximum atomic E-state index is 9.17. The van der Waals surface area contributed by atoms with Gasteiger partial charge in [-0.15, -0.1) is 0 Å². The van der Waals surface area contributed by atoms with Gasteiger partial charge in [-0.25, -0.2) is 0 Å². The zero-order valence-electron chi connectivity index (χ0n) is 8.77. The molecule has 0 saturated heterocycles. The molecular formula is C11H18N2O. The van der Waals surface area contributed by atoms with Gasteiger partial charge in [0, 0.05) is 25.0 Å². The van der Waals surface area contributed by atoms with E-state index in [0.717, 1.165) is 13.0 Å². The lowest BCUT2D eigenvalue weighted by Crippen LogP contribution is -2.28. The summed E-state index contributed by atoms with van der Waals surface area (Å²) in [5, 5.41) is 12.5. The molecule has 1 aromatic heterocycles. The minimum Gasteiger partial charge on any atom is -0.393 e. The van der Waals surface area contributed by atoms with Crippen LogP contribution in [0.3, 0.4) is 0 Å². The third-order valence-electron chi connectivity index (χ3n) is 2.10. The molecule has 0 amide bonds. The van der Waals surface area contributed by atoms with Gasteiger partial charge in [0.2, 0.25) is 0 Å². The second-order valence-electron chi connectivity index (χ2n) is 3.72. The molecule has 0 radical (unpaired) electrons. The summed E-state index contributed by atoms with van der Waals surface area (Å²) < 4.78 is 0. The van der Waals surface area contributed by atoms with Crippen LogP contribution >= 0.6 is 0 Å². The van der Waals surface area contributed by atoms with Crippen LogP contribution in [0.2, 0.25) is 0 Å². The highest BCUT2D eigenvalue weighted by molar-refractivity contribution is 5.09. The number of nitrogens with one attached hydrogen (secondary N) is 1. The Labute approximate surface area is 85.2 Å². The zero-order valence-corrected chi connectivity index (χ0v) is 8.77. The van der Waals surface area contributed by atoms with Gasteiger partial charge in [-0.1, -0.05) is 0 Å². The molecular weight excluding hydrogens is 176 g/mol. The Morgan fingerprint density at radius 2 is 2.00 bits per heavy atom. The summed E-state index contributed by atoms with van der Waals surface area (Å²) in [5.41, 5.74) is 1.22. The summed E-state index contributed by atoms with van der Waals surface area (Å²) in [5.74, 6) is 0. The molecule has 0 saturated carbocycles. The molecule has 0 spiro atoms. The first-order valence-corrected chi connectivity index (χ1v) is 4.99. The largest absolute Gasteiger partial charge is 0.393 e. The smallest absolute Gasteiger partial charge is 0.0526 e. The summed E-state index contributed by atoms with van der Waals surface area (Å²) in [6.07, 6.45) is 4.12. The van der Waals surface area contributed by atoms with Crippen molar-refractivity contribution in [1.29, 1.82) is 0 Å². The van der Waals surface area contributed by atoms with E-state index in [0.29, 0.717) is 6.04 Å². The minimum absolute atomic E-state index is 0.241. The van der Waals surface area contributed by atoms with Crippen molar-refractivity contribution in [2.75, 3.05) is 0 Å². The van der Waals surface area contributed by atoms with Gasteiger partial charge in [-0.2, -0.15) is 0 Å². The van der Waals surface area contributed by atoms with Crippen molar-refractivity contribution < 1.29 is 5.11 Å². The Hall–Kier alpha value is -0.930. The van der Waals surface area contributed by atoms with Crippen molar-refractivity contribution >= 4 is 0 Å². The zero-order chi connectivity index (χ0) is 10.4. The van der Waals surface area contributed by atoms with Gasteiger partial charge in [0.1, 0.15) is 0 Å². The Morgan fingerprint density at radius 1 is 1.36 bits per heavy atom. The fraction of sp³-hybridized carbons (Fsp3) is 0.545. The summed E-state index contributed by atoms with van der Waals surface area (Å²) in [7, 11) is 0. The van der Waals surface area contributed by atoms with Crippen LogP contribution in [0.5, 0.6) is 0 Å². The van der Waals surface area contributed by atoms with Gasteiger partial charge >= 0.3 is 0 Å². The predicted molar refractivity (Wildman–Crippen MR) is 56.8 cm³/mol. The molecule has 0 fully saturated rings. The number of aliphatic hydroxyl groups is 1. The van der Waals surface area contributed by atoms with Gasteiger partial charge in [-0.05, 0) is 38.0 Å². The molecule has 1 heterocycles. The molecule has 2 atom stereocenters. The van der Waals surface area contributed by atoms with E-state index in [2.05, 4.69) is 17.2 Å². The van der Waals surface area contributed by atoms with E-state index in [4.69, 9.17) is 5.11 Å². The number of aliphatic hydroxyl groups excluding tert-OH is 1. The van der Waals surface area contributed by atoms with Gasteiger partial charge < -0.3 is 10.4 Å². The summed E-state index contributed by atoms with van der Waals surface area (Å²) >= 11 is 0. The standard InChI is InChI=1S/C11H18N2O/c1-9(7-10(2)14)13-8-11-3-5-12-6-4-11/h3-6,9-10,13-14H,7-8H2,1-2H3. The lowest BCUT2D eigenvalue weighted by atomic mass is 10.1. The number of nitrogens with zero attached hydrogens (tertiary/aromatic N) is 1. The van der Waals surface area contributed by atoms with E-state index >= 15 is 0 Å². The monoisotopic (exact) mass is 194 g/mol. The summed E-state index contributed by atoms with van der Waals surface area (Å²) in [6.45, 7) is 4.72. The highest BCUT2D eigenvalue weighted by atomic mass is 16.3. The number of hydrogen-bond donors (Lipinski definition) is 2. The van der Waals surface area contributed by atoms with Crippen molar-refractivity contribution in [3.63, 3.8) is 0 Å². The van der Waals surface area contributed by atoms with Crippen LogP contribution in [-0.4, -0.2) is 22.2 Å². The molecule has 0 aromatic carbocycles. The van der Waals surface area contributed by atoms with E-state index in [1.54, 1.807) is 12.4 Å². The maximum Gasteiger partial charge on any atom is 0.0526 e. The normalized spacial score (nSPS) is 15.1. The van der Waals surface area contributed by atoms with Crippen LogP contribution in [-0.2, 0) is 6.54 Å². The Balaban J connectivity index is 2.27. The van der Waals surface area contributed by atoms with Crippen LogP contribution in [0.25, 0.3) is 0 Å². The number of pyridine rings is 1. The van der Waals surface area contributed by atoms with Crippen molar-refractivity contribution in [3.05, 3.63) is 30.1 Å². The van der Waals surface area contributed by atoms with Crippen molar-refractivity contribution in [1.82, 2.24) is 10.3 Å². The average Bonchev–Trinajstić information content (AvgIpc) is 2.15. The number of aromatic nitrogens is 1. The Morgan fingerprint density at radius 3 is 2.57 bits per heavy atom. The van der Waals surface area contributed by atoms with Crippen LogP contribution in [0.15, 0.2) is 24.5 Å². The van der Waals surface area contributed by atoms with Crippen molar-refractivity contribution in [2.45, 2.75) is 39.0 Å². The number of hydrogen-bond acceptors (Lipinski definition) is 3. The third kappa shape index (κ3) is 4.35. The first-order valence-electron chi connectivity index (χ1n) is 4.99. The average molecular weight is 194 g/mol. The molecule has 3 heteroatoms. The molecule has 3 nitrogen and oxygen atoms in total. The highest BCUT2D eigenvalue weighted by Crippen LogP contribution is 2.00. The fourth-order valence-corrected chi connectivity index (χ4v) is 1.39. The second-order valence-corrected chi connectivity index (χ2v) is 3.72. The van der Waals surface area contributed by atoms with Crippen LogP contribution in [0, 0.1) is 0 Å². The molecule has 78 valence electrons. The van der Waals surface area contributed by atoms with Gasteiger partial charge in [0.25, 0.3) is 0 Å². The third-order valence-corrected chi connectivity index (χ3v) is 2.10. The van der Waals surface area contributed by atoms with E-state index in [1.165, 1.54) is 5.56 Å². The first kappa shape index (κ1) is 11.1. The van der Waals surface area contributed by atoms with Crippen molar-refractivity contribution in [3.8, 4) is 0 Å². The molecule has 0 aliphatic rings. The predicted octanol–water partition coefficient (Wildman–Crippen LogP) is 1.33. The lowest BCUT2D eigenvalue weighted by molar-refractivity contribution is 0.170. The van der Waals surface area contributed by atoms with Crippen molar-refractivity contribution in [2.24, 2.45) is 0 Å². The molecule has 0 aliphatic heterocycles. The van der Waals surface area contributed by atoms with Gasteiger partial charge in [-0.3, -0.25) is 4.98 Å². The first-order chi connectivity index (χ1) is 6.68.